The molecule has 0 radical (unpaired) electrons. The number of halogens is 2. The van der Waals surface area contributed by atoms with Crippen molar-refractivity contribution in [1.29, 1.82) is 0 Å². The predicted octanol–water partition coefficient (Wildman–Crippen LogP) is 4.99. The van der Waals surface area contributed by atoms with Gasteiger partial charge in [0.05, 0.1) is 0 Å². The summed E-state index contributed by atoms with van der Waals surface area (Å²) < 4.78 is 13.5. The number of aryl methyl sites for hydroxylation is 1. The first-order valence-electron chi connectivity index (χ1n) is 7.26. The van der Waals surface area contributed by atoms with Crippen LogP contribution in [0.25, 0.3) is 0 Å². The maximum Gasteiger partial charge on any atom is 0.123 e. The molecule has 0 aliphatic heterocycles. The Labute approximate surface area is 131 Å². The molecule has 0 amide bonds. The summed E-state index contributed by atoms with van der Waals surface area (Å²) in [7, 11) is 0. The average molecular weight is 306 g/mol. The van der Waals surface area contributed by atoms with E-state index in [-0.39, 0.29) is 11.9 Å². The van der Waals surface area contributed by atoms with Gasteiger partial charge in [-0.3, -0.25) is 0 Å². The van der Waals surface area contributed by atoms with Crippen LogP contribution in [0.3, 0.4) is 0 Å². The van der Waals surface area contributed by atoms with Crippen molar-refractivity contribution in [2.45, 2.75) is 33.2 Å². The fourth-order valence-corrected chi connectivity index (χ4v) is 2.80. The molecule has 0 spiro atoms. The van der Waals surface area contributed by atoms with Crippen molar-refractivity contribution in [3.8, 4) is 0 Å². The molecule has 0 aliphatic rings. The Morgan fingerprint density at radius 1 is 1.19 bits per heavy atom. The third-order valence-electron chi connectivity index (χ3n) is 3.90. The fraction of sp³-hybridized carbons (Fsp3) is 0.333. The highest BCUT2D eigenvalue weighted by Gasteiger charge is 2.16. The maximum atomic E-state index is 13.5. The molecule has 0 fully saturated rings. The number of hydrogen-bond donors (Lipinski definition) is 1. The Kier molecular flexibility index (Phi) is 5.38. The molecule has 2 aromatic rings. The SMILES string of the molecule is CCNC(Cc1cc(F)ccc1Cl)c1cccc(C)c1C. The van der Waals surface area contributed by atoms with Crippen LogP contribution in [0.5, 0.6) is 0 Å². The zero-order valence-electron chi connectivity index (χ0n) is 12.7. The Hall–Kier alpha value is -1.38. The molecule has 112 valence electrons. The predicted molar refractivity (Wildman–Crippen MR) is 87.4 cm³/mol. The molecule has 2 aromatic carbocycles. The maximum absolute atomic E-state index is 13.5. The summed E-state index contributed by atoms with van der Waals surface area (Å²) in [5, 5.41) is 4.10. The van der Waals surface area contributed by atoms with Crippen molar-refractivity contribution in [2.75, 3.05) is 6.54 Å². The molecule has 0 heterocycles. The summed E-state index contributed by atoms with van der Waals surface area (Å²) in [5.74, 6) is -0.245. The first-order chi connectivity index (χ1) is 10.0. The van der Waals surface area contributed by atoms with Gasteiger partial charge in [-0.05, 0) is 67.3 Å². The first kappa shape index (κ1) is 16.0. The molecule has 0 bridgehead atoms. The van der Waals surface area contributed by atoms with Crippen LogP contribution in [0.15, 0.2) is 36.4 Å². The summed E-state index contributed by atoms with van der Waals surface area (Å²) in [5.41, 5.74) is 4.62. The minimum Gasteiger partial charge on any atom is -0.310 e. The largest absolute Gasteiger partial charge is 0.310 e. The van der Waals surface area contributed by atoms with Crippen molar-refractivity contribution < 1.29 is 4.39 Å². The van der Waals surface area contributed by atoms with E-state index in [9.17, 15) is 4.39 Å². The van der Waals surface area contributed by atoms with Crippen LogP contribution in [-0.4, -0.2) is 6.54 Å². The summed E-state index contributed by atoms with van der Waals surface area (Å²) in [4.78, 5) is 0. The highest BCUT2D eigenvalue weighted by atomic mass is 35.5. The number of likely N-dealkylation sites (N-methyl/N-ethyl adjacent to an activating group) is 1. The Bertz CT molecular complexity index is 625. The second-order valence-electron chi connectivity index (χ2n) is 5.34. The van der Waals surface area contributed by atoms with E-state index in [2.05, 4.69) is 44.3 Å². The molecule has 1 atom stereocenters. The molecule has 3 heteroatoms. The minimum absolute atomic E-state index is 0.134. The van der Waals surface area contributed by atoms with Gasteiger partial charge in [0.2, 0.25) is 0 Å². The van der Waals surface area contributed by atoms with Gasteiger partial charge < -0.3 is 5.32 Å². The van der Waals surface area contributed by atoms with E-state index in [1.165, 1.54) is 28.8 Å². The summed E-state index contributed by atoms with van der Waals surface area (Å²) in [6, 6.07) is 11.0. The summed E-state index contributed by atoms with van der Waals surface area (Å²) in [6.45, 7) is 7.16. The van der Waals surface area contributed by atoms with Crippen molar-refractivity contribution in [3.63, 3.8) is 0 Å². The van der Waals surface area contributed by atoms with Crippen LogP contribution in [0.2, 0.25) is 5.02 Å². The van der Waals surface area contributed by atoms with Gasteiger partial charge in [-0.15, -0.1) is 0 Å². The van der Waals surface area contributed by atoms with E-state index in [1.54, 1.807) is 6.07 Å². The minimum atomic E-state index is -0.245. The fourth-order valence-electron chi connectivity index (χ4n) is 2.61. The van der Waals surface area contributed by atoms with E-state index in [0.29, 0.717) is 11.4 Å². The van der Waals surface area contributed by atoms with E-state index in [1.807, 2.05) is 0 Å². The Morgan fingerprint density at radius 3 is 2.67 bits per heavy atom. The highest BCUT2D eigenvalue weighted by Crippen LogP contribution is 2.27. The Balaban J connectivity index is 2.35. The molecule has 2 rings (SSSR count). The quantitative estimate of drug-likeness (QED) is 0.820. The second kappa shape index (κ2) is 7.06. The molecule has 0 aromatic heterocycles. The zero-order valence-corrected chi connectivity index (χ0v) is 13.5. The molecule has 1 nitrogen and oxygen atoms in total. The van der Waals surface area contributed by atoms with Crippen molar-refractivity contribution in [3.05, 3.63) is 69.5 Å². The molecule has 0 aliphatic carbocycles. The van der Waals surface area contributed by atoms with Crippen molar-refractivity contribution in [2.24, 2.45) is 0 Å². The van der Waals surface area contributed by atoms with Crippen LogP contribution >= 0.6 is 11.6 Å². The van der Waals surface area contributed by atoms with Crippen LogP contribution in [0.4, 0.5) is 4.39 Å². The van der Waals surface area contributed by atoms with Crippen LogP contribution < -0.4 is 5.32 Å². The van der Waals surface area contributed by atoms with Gasteiger partial charge >= 0.3 is 0 Å². The lowest BCUT2D eigenvalue weighted by Crippen LogP contribution is -2.24. The average Bonchev–Trinajstić information content (AvgIpc) is 2.45. The van der Waals surface area contributed by atoms with Gasteiger partial charge in [0.15, 0.2) is 0 Å². The van der Waals surface area contributed by atoms with Crippen molar-refractivity contribution >= 4 is 11.6 Å². The third-order valence-corrected chi connectivity index (χ3v) is 4.27. The van der Waals surface area contributed by atoms with Crippen molar-refractivity contribution in [1.82, 2.24) is 5.32 Å². The number of benzene rings is 2. The lowest BCUT2D eigenvalue weighted by molar-refractivity contribution is 0.544. The van der Waals surface area contributed by atoms with Gasteiger partial charge in [-0.25, -0.2) is 4.39 Å². The molecular formula is C18H21ClFN. The molecule has 0 saturated heterocycles. The Morgan fingerprint density at radius 2 is 1.95 bits per heavy atom. The molecular weight excluding hydrogens is 285 g/mol. The zero-order chi connectivity index (χ0) is 15.4. The van der Waals surface area contributed by atoms with Crippen LogP contribution in [-0.2, 0) is 6.42 Å². The standard InChI is InChI=1S/C18H21ClFN/c1-4-21-18(16-7-5-6-12(2)13(16)3)11-14-10-15(20)8-9-17(14)19/h5-10,18,21H,4,11H2,1-3H3. The van der Waals surface area contributed by atoms with Crippen LogP contribution in [0, 0.1) is 19.7 Å². The third kappa shape index (κ3) is 3.84. The highest BCUT2D eigenvalue weighted by molar-refractivity contribution is 6.31. The molecule has 1 unspecified atom stereocenters. The van der Waals surface area contributed by atoms with E-state index in [4.69, 9.17) is 11.6 Å². The van der Waals surface area contributed by atoms with Crippen LogP contribution in [0.1, 0.15) is 35.2 Å². The lowest BCUT2D eigenvalue weighted by atomic mass is 9.93. The van der Waals surface area contributed by atoms with Gasteiger partial charge in [-0.2, -0.15) is 0 Å². The van der Waals surface area contributed by atoms with Gasteiger partial charge in [0, 0.05) is 11.1 Å². The van der Waals surface area contributed by atoms with Gasteiger partial charge in [0.1, 0.15) is 5.82 Å². The van der Waals surface area contributed by atoms with Gasteiger partial charge in [-0.1, -0.05) is 36.7 Å². The summed E-state index contributed by atoms with van der Waals surface area (Å²) in [6.07, 6.45) is 0.675. The van der Waals surface area contributed by atoms with E-state index in [0.717, 1.165) is 12.1 Å². The second-order valence-corrected chi connectivity index (χ2v) is 5.75. The van der Waals surface area contributed by atoms with E-state index >= 15 is 0 Å². The molecule has 0 saturated carbocycles. The topological polar surface area (TPSA) is 12.0 Å². The number of hydrogen-bond acceptors (Lipinski definition) is 1. The van der Waals surface area contributed by atoms with E-state index < -0.39 is 0 Å². The summed E-state index contributed by atoms with van der Waals surface area (Å²) >= 11 is 6.20. The molecule has 1 N–H and O–H groups in total. The lowest BCUT2D eigenvalue weighted by Gasteiger charge is -2.22. The normalized spacial score (nSPS) is 12.4. The molecule has 21 heavy (non-hydrogen) atoms. The smallest absolute Gasteiger partial charge is 0.123 e. The number of rotatable bonds is 5. The number of nitrogens with one attached hydrogen (secondary N) is 1. The first-order valence-corrected chi connectivity index (χ1v) is 7.64. The van der Waals surface area contributed by atoms with Gasteiger partial charge in [0.25, 0.3) is 0 Å². The monoisotopic (exact) mass is 305 g/mol.